The molecule has 1 aliphatic rings. The quantitative estimate of drug-likeness (QED) is 0.556. The predicted octanol–water partition coefficient (Wildman–Crippen LogP) is 2.86. The van der Waals surface area contributed by atoms with Crippen LogP contribution in [0.15, 0.2) is 54.9 Å². The van der Waals surface area contributed by atoms with Gasteiger partial charge in [0.25, 0.3) is 5.91 Å². The highest BCUT2D eigenvalue weighted by atomic mass is 35.5. The topological polar surface area (TPSA) is 102 Å². The minimum atomic E-state index is -0.871. The largest absolute Gasteiger partial charge is 0.492 e. The summed E-state index contributed by atoms with van der Waals surface area (Å²) in [7, 11) is 3.91. The fraction of sp³-hybridized carbons (Fsp3) is 0.292. The maximum atomic E-state index is 13.2. The van der Waals surface area contributed by atoms with Crippen molar-refractivity contribution in [1.82, 2.24) is 14.9 Å². The van der Waals surface area contributed by atoms with Crippen LogP contribution >= 0.6 is 11.6 Å². The molecule has 33 heavy (non-hydrogen) atoms. The normalized spacial score (nSPS) is 15.8. The Morgan fingerprint density at radius 1 is 1.30 bits per heavy atom. The Hall–Kier alpha value is -3.52. The van der Waals surface area contributed by atoms with E-state index >= 15 is 0 Å². The smallest absolute Gasteiger partial charge is 0.255 e. The molecule has 1 unspecified atom stereocenters. The third-order valence-electron chi connectivity index (χ3n) is 5.87. The van der Waals surface area contributed by atoms with E-state index in [9.17, 15) is 9.59 Å². The number of anilines is 1. The number of rotatable bonds is 7. The molecule has 2 aromatic carbocycles. The van der Waals surface area contributed by atoms with Crippen molar-refractivity contribution in [3.63, 3.8) is 0 Å². The molecule has 1 aromatic heterocycles. The number of carbonyl (C=O) groups is 2. The molecule has 0 aliphatic carbocycles. The summed E-state index contributed by atoms with van der Waals surface area (Å²) in [6.07, 6.45) is 4.65. The fourth-order valence-corrected chi connectivity index (χ4v) is 4.27. The van der Waals surface area contributed by atoms with Crippen molar-refractivity contribution in [1.29, 1.82) is 0 Å². The van der Waals surface area contributed by atoms with Gasteiger partial charge in [-0.1, -0.05) is 35.9 Å². The number of aromatic nitrogens is 2. The second-order valence-corrected chi connectivity index (χ2v) is 8.52. The van der Waals surface area contributed by atoms with Crippen molar-refractivity contribution in [3.05, 3.63) is 76.6 Å². The summed E-state index contributed by atoms with van der Waals surface area (Å²) in [5, 5.41) is 3.36. The van der Waals surface area contributed by atoms with E-state index in [1.165, 1.54) is 0 Å². The second kappa shape index (κ2) is 9.54. The first-order valence-corrected chi connectivity index (χ1v) is 11.0. The molecule has 8 nitrogen and oxygen atoms in total. The molecule has 0 saturated carbocycles. The van der Waals surface area contributed by atoms with E-state index in [4.69, 9.17) is 22.1 Å². The average molecular weight is 468 g/mol. The number of imidazole rings is 1. The zero-order valence-electron chi connectivity index (χ0n) is 18.5. The lowest BCUT2D eigenvalue weighted by atomic mass is 9.96. The van der Waals surface area contributed by atoms with E-state index in [0.29, 0.717) is 22.9 Å². The lowest BCUT2D eigenvalue weighted by Gasteiger charge is -2.34. The lowest BCUT2D eigenvalue weighted by Crippen LogP contribution is -2.46. The summed E-state index contributed by atoms with van der Waals surface area (Å²) in [5.41, 5.74) is 7.69. The standard InChI is InChI=1S/C24H26ClN5O3/c1-29-12-11-27-24(29)30(2)20-10-13-33-21-17(20)4-3-5-18(21)23(32)28-19(22(26)31)14-15-6-8-16(25)9-7-15/h3-9,11-12,19-20H,10,13-14H2,1-2H3,(H2,26,31)(H,28,32)/t19-,20?/m0/s1. The van der Waals surface area contributed by atoms with Crippen LogP contribution in [0.5, 0.6) is 5.75 Å². The molecule has 2 amide bonds. The summed E-state index contributed by atoms with van der Waals surface area (Å²) in [4.78, 5) is 31.8. The molecule has 0 saturated heterocycles. The fourth-order valence-electron chi connectivity index (χ4n) is 4.14. The summed E-state index contributed by atoms with van der Waals surface area (Å²) in [6.45, 7) is 0.459. The highest BCUT2D eigenvalue weighted by molar-refractivity contribution is 6.30. The molecule has 4 rings (SSSR count). The number of amides is 2. The number of nitrogens with two attached hydrogens (primary N) is 1. The van der Waals surface area contributed by atoms with Gasteiger partial charge in [-0.05, 0) is 23.8 Å². The number of hydrogen-bond donors (Lipinski definition) is 2. The Kier molecular flexibility index (Phi) is 6.55. The molecule has 9 heteroatoms. The van der Waals surface area contributed by atoms with Crippen molar-refractivity contribution < 1.29 is 14.3 Å². The summed E-state index contributed by atoms with van der Waals surface area (Å²) < 4.78 is 7.88. The minimum Gasteiger partial charge on any atom is -0.492 e. The molecule has 1 aliphatic heterocycles. The number of halogens is 1. The van der Waals surface area contributed by atoms with Crippen LogP contribution in [0.2, 0.25) is 5.02 Å². The number of nitrogens with zero attached hydrogens (tertiary/aromatic N) is 3. The molecule has 3 aromatic rings. The highest BCUT2D eigenvalue weighted by Gasteiger charge is 2.31. The first-order chi connectivity index (χ1) is 15.8. The van der Waals surface area contributed by atoms with Gasteiger partial charge in [0.2, 0.25) is 11.9 Å². The van der Waals surface area contributed by atoms with Crippen LogP contribution < -0.4 is 20.7 Å². The molecular formula is C24H26ClN5O3. The summed E-state index contributed by atoms with van der Waals surface area (Å²) >= 11 is 5.93. The molecule has 0 spiro atoms. The van der Waals surface area contributed by atoms with Gasteiger partial charge in [-0.15, -0.1) is 0 Å². The van der Waals surface area contributed by atoms with Crippen molar-refractivity contribution in [2.24, 2.45) is 12.8 Å². The van der Waals surface area contributed by atoms with Gasteiger partial charge in [0.15, 0.2) is 0 Å². The van der Waals surface area contributed by atoms with Crippen LogP contribution in [0, 0.1) is 0 Å². The number of carbonyl (C=O) groups excluding carboxylic acids is 2. The van der Waals surface area contributed by atoms with Crippen LogP contribution in [-0.4, -0.2) is 41.1 Å². The van der Waals surface area contributed by atoms with E-state index in [-0.39, 0.29) is 12.5 Å². The number of hydrogen-bond acceptors (Lipinski definition) is 5. The third-order valence-corrected chi connectivity index (χ3v) is 6.12. The number of nitrogens with one attached hydrogen (secondary N) is 1. The summed E-state index contributed by atoms with van der Waals surface area (Å²) in [5.74, 6) is 0.308. The van der Waals surface area contributed by atoms with Crippen LogP contribution in [0.1, 0.15) is 33.9 Å². The molecule has 0 fully saturated rings. The van der Waals surface area contributed by atoms with Gasteiger partial charge in [-0.2, -0.15) is 0 Å². The Labute approximate surface area is 197 Å². The van der Waals surface area contributed by atoms with E-state index in [1.807, 2.05) is 37.0 Å². The molecule has 0 bridgehead atoms. The van der Waals surface area contributed by atoms with Gasteiger partial charge in [-0.25, -0.2) is 4.98 Å². The van der Waals surface area contributed by atoms with Gasteiger partial charge in [0.05, 0.1) is 18.2 Å². The molecule has 2 heterocycles. The SMILES string of the molecule is CN(c1nccn1C)C1CCOc2c(C(=O)N[C@@H](Cc3ccc(Cl)cc3)C(N)=O)cccc21. The number of para-hydroxylation sites is 1. The van der Waals surface area contributed by atoms with E-state index in [2.05, 4.69) is 15.2 Å². The number of primary amides is 1. The number of benzene rings is 2. The van der Waals surface area contributed by atoms with Gasteiger partial charge < -0.3 is 25.3 Å². The first-order valence-electron chi connectivity index (χ1n) is 10.7. The van der Waals surface area contributed by atoms with Crippen LogP contribution in [0.3, 0.4) is 0 Å². The van der Waals surface area contributed by atoms with Crippen LogP contribution in [0.4, 0.5) is 5.95 Å². The molecule has 2 atom stereocenters. The van der Waals surface area contributed by atoms with Crippen LogP contribution in [0.25, 0.3) is 0 Å². The summed E-state index contributed by atoms with van der Waals surface area (Å²) in [6, 6.07) is 11.7. The van der Waals surface area contributed by atoms with Gasteiger partial charge >= 0.3 is 0 Å². The van der Waals surface area contributed by atoms with Crippen molar-refractivity contribution in [2.45, 2.75) is 24.9 Å². The molecule has 3 N–H and O–H groups in total. The Morgan fingerprint density at radius 3 is 2.73 bits per heavy atom. The maximum Gasteiger partial charge on any atom is 0.255 e. The second-order valence-electron chi connectivity index (χ2n) is 8.08. The zero-order chi connectivity index (χ0) is 23.5. The van der Waals surface area contributed by atoms with Crippen molar-refractivity contribution >= 4 is 29.4 Å². The average Bonchev–Trinajstić information content (AvgIpc) is 3.24. The molecular weight excluding hydrogens is 442 g/mol. The molecule has 0 radical (unpaired) electrons. The van der Waals surface area contributed by atoms with E-state index in [0.717, 1.165) is 23.5 Å². The zero-order valence-corrected chi connectivity index (χ0v) is 19.2. The van der Waals surface area contributed by atoms with E-state index in [1.54, 1.807) is 36.5 Å². The minimum absolute atomic E-state index is 0.0106. The lowest BCUT2D eigenvalue weighted by molar-refractivity contribution is -0.119. The number of ether oxygens (including phenoxy) is 1. The van der Waals surface area contributed by atoms with E-state index < -0.39 is 17.9 Å². The first kappa shape index (κ1) is 22.7. The van der Waals surface area contributed by atoms with Gasteiger partial charge in [0.1, 0.15) is 11.8 Å². The maximum absolute atomic E-state index is 13.2. The Balaban J connectivity index is 1.58. The van der Waals surface area contributed by atoms with Crippen molar-refractivity contribution in [3.8, 4) is 5.75 Å². The monoisotopic (exact) mass is 467 g/mol. The van der Waals surface area contributed by atoms with Gasteiger partial charge in [-0.3, -0.25) is 9.59 Å². The number of fused-ring (bicyclic) bond motifs is 1. The van der Waals surface area contributed by atoms with Gasteiger partial charge in [0, 0.05) is 49.9 Å². The predicted molar refractivity (Wildman–Crippen MR) is 127 cm³/mol. The molecule has 172 valence electrons. The van der Waals surface area contributed by atoms with Crippen LogP contribution in [-0.2, 0) is 18.3 Å². The Bertz CT molecular complexity index is 1160. The highest BCUT2D eigenvalue weighted by Crippen LogP contribution is 2.39. The Morgan fingerprint density at radius 2 is 2.06 bits per heavy atom. The third kappa shape index (κ3) is 4.80. The number of aryl methyl sites for hydroxylation is 1. The van der Waals surface area contributed by atoms with Crippen molar-refractivity contribution in [2.75, 3.05) is 18.6 Å².